The Morgan fingerprint density at radius 1 is 1.22 bits per heavy atom. The minimum Gasteiger partial charge on any atom is -0.300 e. The molecule has 0 saturated heterocycles. The number of benzene rings is 1. The van der Waals surface area contributed by atoms with E-state index in [1.165, 1.54) is 5.56 Å². The molecule has 3 heteroatoms. The van der Waals surface area contributed by atoms with Crippen molar-refractivity contribution in [2.45, 2.75) is 27.2 Å². The van der Waals surface area contributed by atoms with Crippen LogP contribution in [-0.4, -0.2) is 15.6 Å². The van der Waals surface area contributed by atoms with Gasteiger partial charge in [-0.2, -0.15) is 5.10 Å². The first-order valence-corrected chi connectivity index (χ1v) is 6.08. The molecule has 3 nitrogen and oxygen atoms in total. The molecule has 1 aromatic heterocycles. The summed E-state index contributed by atoms with van der Waals surface area (Å²) in [6.45, 7) is 5.70. The molecule has 0 aliphatic rings. The van der Waals surface area contributed by atoms with E-state index >= 15 is 0 Å². The Morgan fingerprint density at radius 2 is 1.83 bits per heavy atom. The third kappa shape index (κ3) is 2.35. The maximum Gasteiger partial charge on any atom is 0.134 e. The predicted octanol–water partition coefficient (Wildman–Crippen LogP) is 2.84. The number of rotatable bonds is 3. The van der Waals surface area contributed by atoms with Crippen LogP contribution in [0.2, 0.25) is 0 Å². The Hall–Kier alpha value is -1.90. The first-order valence-electron chi connectivity index (χ1n) is 6.08. The summed E-state index contributed by atoms with van der Waals surface area (Å²) in [5.74, 6) is 0.191. The van der Waals surface area contributed by atoms with E-state index in [-0.39, 0.29) is 5.78 Å². The average molecular weight is 242 g/mol. The zero-order valence-electron chi connectivity index (χ0n) is 11.3. The lowest BCUT2D eigenvalue weighted by Gasteiger charge is -2.04. The Bertz CT molecular complexity index is 579. The molecular formula is C15H18N2O. The molecule has 0 aliphatic carbocycles. The highest BCUT2D eigenvalue weighted by atomic mass is 16.1. The molecule has 0 N–H and O–H groups in total. The van der Waals surface area contributed by atoms with Gasteiger partial charge in [-0.25, -0.2) is 0 Å². The van der Waals surface area contributed by atoms with Crippen LogP contribution in [0.1, 0.15) is 23.9 Å². The van der Waals surface area contributed by atoms with Crippen molar-refractivity contribution in [2.75, 3.05) is 0 Å². The molecule has 2 rings (SSSR count). The summed E-state index contributed by atoms with van der Waals surface area (Å²) < 4.78 is 1.90. The van der Waals surface area contributed by atoms with Crippen molar-refractivity contribution in [1.29, 1.82) is 0 Å². The molecule has 94 valence electrons. The summed E-state index contributed by atoms with van der Waals surface area (Å²) in [5, 5.41) is 4.42. The van der Waals surface area contributed by atoms with Gasteiger partial charge in [0.15, 0.2) is 0 Å². The lowest BCUT2D eigenvalue weighted by molar-refractivity contribution is -0.116. The molecule has 0 fully saturated rings. The summed E-state index contributed by atoms with van der Waals surface area (Å²) in [6.07, 6.45) is 0.505. The molecule has 2 aromatic rings. The number of aromatic nitrogens is 2. The fourth-order valence-corrected chi connectivity index (χ4v) is 2.27. The second-order valence-electron chi connectivity index (χ2n) is 4.75. The quantitative estimate of drug-likeness (QED) is 0.829. The monoisotopic (exact) mass is 242 g/mol. The van der Waals surface area contributed by atoms with Gasteiger partial charge in [-0.3, -0.25) is 9.48 Å². The summed E-state index contributed by atoms with van der Waals surface area (Å²) in [6, 6.07) is 8.16. The highest BCUT2D eigenvalue weighted by Crippen LogP contribution is 2.26. The Morgan fingerprint density at radius 3 is 2.28 bits per heavy atom. The number of hydrogen-bond donors (Lipinski definition) is 0. The van der Waals surface area contributed by atoms with Crippen molar-refractivity contribution in [3.63, 3.8) is 0 Å². The van der Waals surface area contributed by atoms with Crippen molar-refractivity contribution in [2.24, 2.45) is 7.05 Å². The number of hydrogen-bond acceptors (Lipinski definition) is 2. The summed E-state index contributed by atoms with van der Waals surface area (Å²) in [7, 11) is 1.95. The van der Waals surface area contributed by atoms with Gasteiger partial charge >= 0.3 is 0 Å². The largest absolute Gasteiger partial charge is 0.300 e. The number of aryl methyl sites for hydroxylation is 2. The van der Waals surface area contributed by atoms with E-state index in [2.05, 4.69) is 24.2 Å². The van der Waals surface area contributed by atoms with Gasteiger partial charge in [0.2, 0.25) is 0 Å². The van der Waals surface area contributed by atoms with Gasteiger partial charge in [0, 0.05) is 24.7 Å². The SMILES string of the molecule is CC(=O)Cc1ccc(-c2c(C)nn(C)c2C)cc1. The maximum atomic E-state index is 11.1. The Kier molecular flexibility index (Phi) is 3.32. The van der Waals surface area contributed by atoms with E-state index < -0.39 is 0 Å². The second kappa shape index (κ2) is 4.77. The van der Waals surface area contributed by atoms with E-state index in [4.69, 9.17) is 0 Å². The van der Waals surface area contributed by atoms with Gasteiger partial charge < -0.3 is 0 Å². The standard InChI is InChI=1S/C15H18N2O/c1-10(18)9-13-5-7-14(8-6-13)15-11(2)16-17(4)12(15)3/h5-8H,9H2,1-4H3. The third-order valence-electron chi connectivity index (χ3n) is 3.20. The molecule has 0 saturated carbocycles. The molecule has 0 bridgehead atoms. The van der Waals surface area contributed by atoms with Crippen LogP contribution in [0.15, 0.2) is 24.3 Å². The van der Waals surface area contributed by atoms with Crippen LogP contribution in [0, 0.1) is 13.8 Å². The molecular weight excluding hydrogens is 224 g/mol. The van der Waals surface area contributed by atoms with E-state index in [0.717, 1.165) is 22.5 Å². The van der Waals surface area contributed by atoms with Crippen LogP contribution in [0.25, 0.3) is 11.1 Å². The Labute approximate surface area is 107 Å². The lowest BCUT2D eigenvalue weighted by atomic mass is 10.0. The molecule has 0 spiro atoms. The van der Waals surface area contributed by atoms with Gasteiger partial charge in [-0.05, 0) is 31.9 Å². The van der Waals surface area contributed by atoms with Gasteiger partial charge in [-0.1, -0.05) is 24.3 Å². The molecule has 18 heavy (non-hydrogen) atoms. The van der Waals surface area contributed by atoms with Crippen LogP contribution in [-0.2, 0) is 18.3 Å². The van der Waals surface area contributed by atoms with Crippen LogP contribution in [0.4, 0.5) is 0 Å². The molecule has 1 aromatic carbocycles. The minimum absolute atomic E-state index is 0.191. The van der Waals surface area contributed by atoms with Crippen molar-refractivity contribution in [3.05, 3.63) is 41.2 Å². The molecule has 0 radical (unpaired) electrons. The van der Waals surface area contributed by atoms with Crippen LogP contribution in [0.3, 0.4) is 0 Å². The zero-order valence-corrected chi connectivity index (χ0v) is 11.3. The fraction of sp³-hybridized carbons (Fsp3) is 0.333. The van der Waals surface area contributed by atoms with E-state index in [0.29, 0.717) is 6.42 Å². The van der Waals surface area contributed by atoms with Crippen LogP contribution < -0.4 is 0 Å². The van der Waals surface area contributed by atoms with Crippen LogP contribution >= 0.6 is 0 Å². The molecule has 1 heterocycles. The average Bonchev–Trinajstić information content (AvgIpc) is 2.54. The van der Waals surface area contributed by atoms with Crippen molar-refractivity contribution in [3.8, 4) is 11.1 Å². The smallest absolute Gasteiger partial charge is 0.134 e. The molecule has 0 amide bonds. The number of nitrogens with zero attached hydrogens (tertiary/aromatic N) is 2. The molecule has 0 aliphatic heterocycles. The van der Waals surface area contributed by atoms with E-state index in [1.54, 1.807) is 6.92 Å². The van der Waals surface area contributed by atoms with Crippen molar-refractivity contribution in [1.82, 2.24) is 9.78 Å². The number of carbonyl (C=O) groups is 1. The molecule has 0 atom stereocenters. The zero-order chi connectivity index (χ0) is 13.3. The Balaban J connectivity index is 2.37. The second-order valence-corrected chi connectivity index (χ2v) is 4.75. The van der Waals surface area contributed by atoms with Crippen molar-refractivity contribution < 1.29 is 4.79 Å². The number of Topliss-reactive ketones (excluding diaryl/α,β-unsaturated/α-hetero) is 1. The maximum absolute atomic E-state index is 11.1. The van der Waals surface area contributed by atoms with E-state index in [1.807, 2.05) is 30.8 Å². The predicted molar refractivity (Wildman–Crippen MR) is 72.5 cm³/mol. The fourth-order valence-electron chi connectivity index (χ4n) is 2.27. The van der Waals surface area contributed by atoms with Crippen LogP contribution in [0.5, 0.6) is 0 Å². The minimum atomic E-state index is 0.191. The van der Waals surface area contributed by atoms with Gasteiger partial charge in [0.05, 0.1) is 5.69 Å². The summed E-state index contributed by atoms with van der Waals surface area (Å²) >= 11 is 0. The van der Waals surface area contributed by atoms with Gasteiger partial charge in [-0.15, -0.1) is 0 Å². The number of carbonyl (C=O) groups excluding carboxylic acids is 1. The highest BCUT2D eigenvalue weighted by molar-refractivity contribution is 5.78. The lowest BCUT2D eigenvalue weighted by Crippen LogP contribution is -1.96. The topological polar surface area (TPSA) is 34.9 Å². The van der Waals surface area contributed by atoms with Gasteiger partial charge in [0.25, 0.3) is 0 Å². The third-order valence-corrected chi connectivity index (χ3v) is 3.20. The first kappa shape index (κ1) is 12.6. The highest BCUT2D eigenvalue weighted by Gasteiger charge is 2.11. The van der Waals surface area contributed by atoms with Gasteiger partial charge in [0.1, 0.15) is 5.78 Å². The first-order chi connectivity index (χ1) is 8.49. The van der Waals surface area contributed by atoms with E-state index in [9.17, 15) is 4.79 Å². The number of ketones is 1. The molecule has 0 unspecified atom stereocenters. The normalized spacial score (nSPS) is 10.7. The summed E-state index contributed by atoms with van der Waals surface area (Å²) in [4.78, 5) is 11.1. The summed E-state index contributed by atoms with van der Waals surface area (Å²) in [5.41, 5.74) is 5.60. The van der Waals surface area contributed by atoms with Crippen molar-refractivity contribution >= 4 is 5.78 Å².